The van der Waals surface area contributed by atoms with Crippen LogP contribution in [-0.4, -0.2) is 16.6 Å². The van der Waals surface area contributed by atoms with E-state index in [0.29, 0.717) is 17.0 Å². The molecule has 0 radical (unpaired) electrons. The third-order valence-electron chi connectivity index (χ3n) is 4.18. The van der Waals surface area contributed by atoms with E-state index in [1.165, 1.54) is 6.08 Å². The number of anilines is 2. The molecule has 0 fully saturated rings. The maximum absolute atomic E-state index is 12.3. The van der Waals surface area contributed by atoms with Crippen molar-refractivity contribution in [2.24, 2.45) is 5.10 Å². The minimum atomic E-state index is -0.177. The van der Waals surface area contributed by atoms with Gasteiger partial charge in [-0.25, -0.2) is 0 Å². The minimum absolute atomic E-state index is 0.177. The maximum atomic E-state index is 12.3. The number of carbonyl (C=O) groups excluding carboxylic acids is 1. The van der Waals surface area contributed by atoms with Gasteiger partial charge in [0, 0.05) is 22.2 Å². The number of carbonyl (C=O) groups is 1. The van der Waals surface area contributed by atoms with Gasteiger partial charge in [0.15, 0.2) is 0 Å². The summed E-state index contributed by atoms with van der Waals surface area (Å²) in [5, 5.41) is 15.7. The zero-order valence-corrected chi connectivity index (χ0v) is 13.2. The van der Waals surface area contributed by atoms with Gasteiger partial charge in [0.1, 0.15) is 11.5 Å². The zero-order chi connectivity index (χ0) is 17.4. The summed E-state index contributed by atoms with van der Waals surface area (Å²) in [4.78, 5) is 12.3. The molecule has 25 heavy (non-hydrogen) atoms. The van der Waals surface area contributed by atoms with Crippen molar-refractivity contribution in [2.45, 2.75) is 0 Å². The lowest BCUT2D eigenvalue weighted by molar-refractivity contribution is -0.108. The molecule has 122 valence electrons. The van der Waals surface area contributed by atoms with Gasteiger partial charge in [0.2, 0.25) is 5.78 Å². The van der Waals surface area contributed by atoms with E-state index in [9.17, 15) is 9.90 Å². The van der Waals surface area contributed by atoms with Crippen LogP contribution in [0.3, 0.4) is 0 Å². The number of rotatable bonds is 2. The SMILES string of the molecule is Nc1cccc2c1C=CC(=O)/C2=N\Nc1cccc2cc(O)ccc12. The van der Waals surface area contributed by atoms with Crippen LogP contribution in [0.25, 0.3) is 16.8 Å². The number of phenols is 1. The number of hydrogen-bond acceptors (Lipinski definition) is 5. The van der Waals surface area contributed by atoms with Gasteiger partial charge >= 0.3 is 0 Å². The van der Waals surface area contributed by atoms with Crippen molar-refractivity contribution in [3.8, 4) is 5.75 Å². The molecule has 4 rings (SSSR count). The first kappa shape index (κ1) is 15.0. The maximum Gasteiger partial charge on any atom is 0.206 e. The number of ketones is 1. The molecule has 0 saturated heterocycles. The number of hydrogen-bond donors (Lipinski definition) is 3. The van der Waals surface area contributed by atoms with E-state index >= 15 is 0 Å². The van der Waals surface area contributed by atoms with E-state index in [4.69, 9.17) is 5.73 Å². The fourth-order valence-electron chi connectivity index (χ4n) is 2.95. The summed E-state index contributed by atoms with van der Waals surface area (Å²) in [6.07, 6.45) is 3.19. The summed E-state index contributed by atoms with van der Waals surface area (Å²) in [6.45, 7) is 0. The third kappa shape index (κ3) is 2.61. The number of phenolic OH excluding ortho intramolecular Hbond substituents is 1. The summed E-state index contributed by atoms with van der Waals surface area (Å²) in [5.74, 6) is 0.0245. The zero-order valence-electron chi connectivity index (χ0n) is 13.2. The van der Waals surface area contributed by atoms with Gasteiger partial charge in [-0.1, -0.05) is 24.3 Å². The molecule has 3 aromatic carbocycles. The Morgan fingerprint density at radius 1 is 1.00 bits per heavy atom. The molecule has 5 nitrogen and oxygen atoms in total. The van der Waals surface area contributed by atoms with Crippen LogP contribution in [0.1, 0.15) is 11.1 Å². The number of nitrogen functional groups attached to an aromatic ring is 1. The second-order valence-corrected chi connectivity index (χ2v) is 5.79. The van der Waals surface area contributed by atoms with Crippen LogP contribution in [0.15, 0.2) is 65.8 Å². The molecule has 0 atom stereocenters. The Morgan fingerprint density at radius 3 is 2.72 bits per heavy atom. The molecule has 0 aromatic heterocycles. The smallest absolute Gasteiger partial charge is 0.206 e. The number of nitrogens with two attached hydrogens (primary N) is 1. The molecule has 4 N–H and O–H groups in total. The Morgan fingerprint density at radius 2 is 1.84 bits per heavy atom. The molecule has 0 aliphatic heterocycles. The fourth-order valence-corrected chi connectivity index (χ4v) is 2.95. The topological polar surface area (TPSA) is 87.7 Å². The van der Waals surface area contributed by atoms with Gasteiger partial charge in [0.05, 0.1) is 5.69 Å². The van der Waals surface area contributed by atoms with Crippen molar-refractivity contribution in [1.82, 2.24) is 0 Å². The number of allylic oxidation sites excluding steroid dienone is 1. The molecule has 0 heterocycles. The number of aromatic hydroxyl groups is 1. The lowest BCUT2D eigenvalue weighted by atomic mass is 9.93. The summed E-state index contributed by atoms with van der Waals surface area (Å²) in [6, 6.07) is 16.2. The molecule has 1 aliphatic carbocycles. The van der Waals surface area contributed by atoms with Gasteiger partial charge in [-0.15, -0.1) is 0 Å². The molecule has 0 bridgehead atoms. The van der Waals surface area contributed by atoms with Crippen LogP contribution in [-0.2, 0) is 4.79 Å². The van der Waals surface area contributed by atoms with Crippen molar-refractivity contribution in [1.29, 1.82) is 0 Å². The molecule has 5 heteroatoms. The second kappa shape index (κ2) is 5.79. The lowest BCUT2D eigenvalue weighted by Gasteiger charge is -2.14. The molecule has 0 saturated carbocycles. The van der Waals surface area contributed by atoms with Crippen LogP contribution in [0.5, 0.6) is 5.75 Å². The molecule has 1 aliphatic rings. The number of nitrogens with zero attached hydrogens (tertiary/aromatic N) is 1. The monoisotopic (exact) mass is 329 g/mol. The highest BCUT2D eigenvalue weighted by Crippen LogP contribution is 2.28. The van der Waals surface area contributed by atoms with E-state index in [0.717, 1.165) is 22.0 Å². The van der Waals surface area contributed by atoms with Crippen LogP contribution in [0, 0.1) is 0 Å². The van der Waals surface area contributed by atoms with Gasteiger partial charge in [-0.3, -0.25) is 10.2 Å². The van der Waals surface area contributed by atoms with Crippen molar-refractivity contribution in [2.75, 3.05) is 11.2 Å². The molecule has 0 amide bonds. The summed E-state index contributed by atoms with van der Waals surface area (Å²) in [5.41, 5.74) is 12.1. The summed E-state index contributed by atoms with van der Waals surface area (Å²) in [7, 11) is 0. The average Bonchev–Trinajstić information content (AvgIpc) is 2.60. The predicted octanol–water partition coefficient (Wildman–Crippen LogP) is 3.54. The Kier molecular flexibility index (Phi) is 3.47. The first-order valence-electron chi connectivity index (χ1n) is 7.80. The minimum Gasteiger partial charge on any atom is -0.508 e. The molecule has 0 spiro atoms. The van der Waals surface area contributed by atoms with Gasteiger partial charge in [-0.05, 0) is 47.9 Å². The lowest BCUT2D eigenvalue weighted by Crippen LogP contribution is -2.20. The largest absolute Gasteiger partial charge is 0.508 e. The van der Waals surface area contributed by atoms with E-state index in [1.807, 2.05) is 30.3 Å². The van der Waals surface area contributed by atoms with Crippen molar-refractivity contribution in [3.05, 3.63) is 71.8 Å². The molecular weight excluding hydrogens is 314 g/mol. The van der Waals surface area contributed by atoms with E-state index < -0.39 is 0 Å². The van der Waals surface area contributed by atoms with Crippen LogP contribution < -0.4 is 11.2 Å². The first-order chi connectivity index (χ1) is 12.1. The number of fused-ring (bicyclic) bond motifs is 2. The predicted molar refractivity (Wildman–Crippen MR) is 101 cm³/mol. The number of hydrazone groups is 1. The van der Waals surface area contributed by atoms with Gasteiger partial charge in [-0.2, -0.15) is 5.10 Å². The average molecular weight is 329 g/mol. The third-order valence-corrected chi connectivity index (χ3v) is 4.18. The van der Waals surface area contributed by atoms with Crippen molar-refractivity contribution in [3.63, 3.8) is 0 Å². The Bertz CT molecular complexity index is 1070. The summed E-state index contributed by atoms with van der Waals surface area (Å²) >= 11 is 0. The highest BCUT2D eigenvalue weighted by Gasteiger charge is 2.20. The second-order valence-electron chi connectivity index (χ2n) is 5.79. The highest BCUT2D eigenvalue weighted by molar-refractivity contribution is 6.52. The van der Waals surface area contributed by atoms with Gasteiger partial charge < -0.3 is 10.8 Å². The van der Waals surface area contributed by atoms with Gasteiger partial charge in [0.25, 0.3) is 0 Å². The first-order valence-corrected chi connectivity index (χ1v) is 7.80. The molecular formula is C20H15N3O2. The van der Waals surface area contributed by atoms with Crippen molar-refractivity contribution < 1.29 is 9.90 Å². The van der Waals surface area contributed by atoms with Crippen LogP contribution >= 0.6 is 0 Å². The quantitative estimate of drug-likeness (QED) is 0.496. The Labute approximate surface area is 144 Å². The standard InChI is InChI=1S/C20H15N3O2/c21-17-5-2-4-16-15(17)9-10-19(25)20(16)23-22-18-6-1-3-12-11-13(24)7-8-14(12)18/h1-11,22,24H,21H2/b23-20-. The molecule has 3 aromatic rings. The number of nitrogens with one attached hydrogen (secondary N) is 1. The fraction of sp³-hybridized carbons (Fsp3) is 0. The van der Waals surface area contributed by atoms with E-state index in [2.05, 4.69) is 10.5 Å². The number of benzene rings is 3. The van der Waals surface area contributed by atoms with Crippen LogP contribution in [0.4, 0.5) is 11.4 Å². The Balaban J connectivity index is 1.77. The van der Waals surface area contributed by atoms with Crippen molar-refractivity contribution >= 4 is 39.7 Å². The van der Waals surface area contributed by atoms with E-state index in [-0.39, 0.29) is 11.5 Å². The summed E-state index contributed by atoms with van der Waals surface area (Å²) < 4.78 is 0. The molecule has 0 unspecified atom stereocenters. The highest BCUT2D eigenvalue weighted by atomic mass is 16.3. The Hall–Kier alpha value is -3.60. The van der Waals surface area contributed by atoms with E-state index in [1.54, 1.807) is 30.3 Å². The van der Waals surface area contributed by atoms with Crippen LogP contribution in [0.2, 0.25) is 0 Å². The normalized spacial score (nSPS) is 14.7.